The van der Waals surface area contributed by atoms with Crippen molar-refractivity contribution >= 4 is 30.7 Å². The molecule has 2 saturated heterocycles. The molecule has 2 aliphatic heterocycles. The topological polar surface area (TPSA) is 53.6 Å². The number of ether oxygens (including phenoxy) is 1. The van der Waals surface area contributed by atoms with E-state index >= 15 is 0 Å². The Balaban J connectivity index is 0.00000264. The number of hydrogen-bond donors (Lipinski definition) is 2. The molecule has 0 saturated carbocycles. The summed E-state index contributed by atoms with van der Waals surface area (Å²) < 4.78 is 5.46. The number of carbonyl (C=O) groups excluding carboxylic acids is 1. The molecule has 24 heavy (non-hydrogen) atoms. The molecule has 2 N–H and O–H groups in total. The van der Waals surface area contributed by atoms with E-state index < -0.39 is 0 Å². The molecule has 0 spiro atoms. The van der Waals surface area contributed by atoms with E-state index in [1.807, 2.05) is 0 Å². The van der Waals surface area contributed by atoms with Crippen LogP contribution in [0, 0.1) is 5.92 Å². The lowest BCUT2D eigenvalue weighted by atomic mass is 9.90. The summed E-state index contributed by atoms with van der Waals surface area (Å²) in [6.45, 7) is 10.8. The smallest absolute Gasteiger partial charge is 0.237 e. The Labute approximate surface area is 159 Å². The molecule has 2 aliphatic rings. The zero-order valence-electron chi connectivity index (χ0n) is 15.3. The summed E-state index contributed by atoms with van der Waals surface area (Å²) in [5.74, 6) is 0.640. The Morgan fingerprint density at radius 2 is 1.88 bits per heavy atom. The number of hydrogen-bond acceptors (Lipinski definition) is 4. The third kappa shape index (κ3) is 6.34. The summed E-state index contributed by atoms with van der Waals surface area (Å²) in [6, 6.07) is 0.622. The first kappa shape index (κ1) is 23.9. The van der Waals surface area contributed by atoms with Crippen molar-refractivity contribution in [2.24, 2.45) is 5.92 Å². The van der Waals surface area contributed by atoms with E-state index in [-0.39, 0.29) is 42.8 Å². The number of rotatable bonds is 6. The predicted octanol–water partition coefficient (Wildman–Crippen LogP) is 2.22. The minimum atomic E-state index is -0.00646. The highest BCUT2D eigenvalue weighted by atomic mass is 35.5. The van der Waals surface area contributed by atoms with Crippen LogP contribution < -0.4 is 10.6 Å². The molecule has 0 aromatic heterocycles. The summed E-state index contributed by atoms with van der Waals surface area (Å²) in [7, 11) is 0. The largest absolute Gasteiger partial charge is 0.379 e. The van der Waals surface area contributed by atoms with Gasteiger partial charge in [0.25, 0.3) is 0 Å². The summed E-state index contributed by atoms with van der Waals surface area (Å²) in [5, 5.41) is 6.80. The van der Waals surface area contributed by atoms with Crippen molar-refractivity contribution in [2.75, 3.05) is 32.8 Å². The molecular weight excluding hydrogens is 349 g/mol. The van der Waals surface area contributed by atoms with Gasteiger partial charge in [-0.15, -0.1) is 24.8 Å². The van der Waals surface area contributed by atoms with Crippen molar-refractivity contribution in [1.82, 2.24) is 15.5 Å². The van der Waals surface area contributed by atoms with Crippen LogP contribution in [0.25, 0.3) is 0 Å². The van der Waals surface area contributed by atoms with E-state index in [0.717, 1.165) is 58.5 Å². The Morgan fingerprint density at radius 1 is 1.25 bits per heavy atom. The quantitative estimate of drug-likeness (QED) is 0.738. The fraction of sp³-hybridized carbons (Fsp3) is 0.941. The third-order valence-corrected chi connectivity index (χ3v) is 5.29. The highest BCUT2D eigenvalue weighted by Gasteiger charge is 2.34. The Hall–Kier alpha value is -0.0700. The second kappa shape index (κ2) is 12.3. The minimum absolute atomic E-state index is 0. The molecular formula is C17H35Cl2N3O2. The number of nitrogens with one attached hydrogen (secondary N) is 2. The van der Waals surface area contributed by atoms with Gasteiger partial charge in [0, 0.05) is 25.2 Å². The molecule has 2 fully saturated rings. The second-order valence-electron chi connectivity index (χ2n) is 6.67. The van der Waals surface area contributed by atoms with Gasteiger partial charge >= 0.3 is 0 Å². The van der Waals surface area contributed by atoms with Gasteiger partial charge in [0.15, 0.2) is 0 Å². The molecule has 3 atom stereocenters. The summed E-state index contributed by atoms with van der Waals surface area (Å²) >= 11 is 0. The number of morpholine rings is 1. The van der Waals surface area contributed by atoms with Crippen LogP contribution >= 0.6 is 24.8 Å². The number of nitrogens with zero attached hydrogens (tertiary/aromatic N) is 1. The van der Waals surface area contributed by atoms with Crippen molar-refractivity contribution in [3.63, 3.8) is 0 Å². The van der Waals surface area contributed by atoms with Crippen LogP contribution in [0.5, 0.6) is 0 Å². The molecule has 7 heteroatoms. The molecule has 3 unspecified atom stereocenters. The van der Waals surface area contributed by atoms with Gasteiger partial charge < -0.3 is 15.4 Å². The summed E-state index contributed by atoms with van der Waals surface area (Å²) in [4.78, 5) is 15.3. The van der Waals surface area contributed by atoms with Gasteiger partial charge in [-0.05, 0) is 32.2 Å². The van der Waals surface area contributed by atoms with E-state index in [1.165, 1.54) is 0 Å². The lowest BCUT2D eigenvalue weighted by molar-refractivity contribution is -0.132. The van der Waals surface area contributed by atoms with Crippen LogP contribution in [-0.4, -0.2) is 61.8 Å². The van der Waals surface area contributed by atoms with E-state index in [0.29, 0.717) is 12.0 Å². The van der Waals surface area contributed by atoms with Gasteiger partial charge in [-0.1, -0.05) is 26.7 Å². The highest BCUT2D eigenvalue weighted by molar-refractivity contribution is 5.85. The van der Waals surface area contributed by atoms with Gasteiger partial charge in [-0.3, -0.25) is 9.69 Å². The standard InChI is InChI=1S/C17H33N3O2.2ClH/c1-4-14(5-2)16(20-9-11-22-12-10-20)17(21)19-15-7-6-8-18-13(15)3;;/h13-16,18H,4-12H2,1-3H3,(H,19,21);2*1H. The number of amides is 1. The first-order valence-electron chi connectivity index (χ1n) is 9.02. The molecule has 2 heterocycles. The molecule has 0 bridgehead atoms. The highest BCUT2D eigenvalue weighted by Crippen LogP contribution is 2.21. The van der Waals surface area contributed by atoms with Crippen molar-refractivity contribution in [3.05, 3.63) is 0 Å². The second-order valence-corrected chi connectivity index (χ2v) is 6.67. The first-order chi connectivity index (χ1) is 10.7. The van der Waals surface area contributed by atoms with E-state index in [4.69, 9.17) is 4.74 Å². The molecule has 144 valence electrons. The molecule has 0 radical (unpaired) electrons. The first-order valence-corrected chi connectivity index (χ1v) is 9.02. The average Bonchev–Trinajstić information content (AvgIpc) is 2.55. The molecule has 1 amide bonds. The fourth-order valence-corrected chi connectivity index (χ4v) is 3.78. The van der Waals surface area contributed by atoms with E-state index in [1.54, 1.807) is 0 Å². The zero-order valence-corrected chi connectivity index (χ0v) is 16.9. The van der Waals surface area contributed by atoms with Gasteiger partial charge in [-0.2, -0.15) is 0 Å². The van der Waals surface area contributed by atoms with E-state index in [9.17, 15) is 4.79 Å². The predicted molar refractivity (Wildman–Crippen MR) is 103 cm³/mol. The van der Waals surface area contributed by atoms with E-state index in [2.05, 4.69) is 36.3 Å². The van der Waals surface area contributed by atoms with Gasteiger partial charge in [0.2, 0.25) is 5.91 Å². The average molecular weight is 384 g/mol. The molecule has 2 rings (SSSR count). The number of halogens is 2. The maximum Gasteiger partial charge on any atom is 0.237 e. The zero-order chi connectivity index (χ0) is 15.9. The fourth-order valence-electron chi connectivity index (χ4n) is 3.78. The van der Waals surface area contributed by atoms with Crippen LogP contribution in [0.2, 0.25) is 0 Å². The third-order valence-electron chi connectivity index (χ3n) is 5.29. The summed E-state index contributed by atoms with van der Waals surface area (Å²) in [5.41, 5.74) is 0. The maximum atomic E-state index is 13.0. The molecule has 0 aromatic carbocycles. The molecule has 5 nitrogen and oxygen atoms in total. The van der Waals surface area contributed by atoms with Crippen LogP contribution in [0.15, 0.2) is 0 Å². The summed E-state index contributed by atoms with van der Waals surface area (Å²) in [6.07, 6.45) is 4.32. The van der Waals surface area contributed by atoms with Gasteiger partial charge in [0.05, 0.1) is 19.3 Å². The normalized spacial score (nSPS) is 26.2. The van der Waals surface area contributed by atoms with Crippen LogP contribution in [0.1, 0.15) is 46.5 Å². The Morgan fingerprint density at radius 3 is 2.42 bits per heavy atom. The maximum absolute atomic E-state index is 13.0. The van der Waals surface area contributed by atoms with Crippen LogP contribution in [0.3, 0.4) is 0 Å². The van der Waals surface area contributed by atoms with Crippen molar-refractivity contribution in [1.29, 1.82) is 0 Å². The minimum Gasteiger partial charge on any atom is -0.379 e. The molecule has 0 aromatic rings. The molecule has 0 aliphatic carbocycles. The Kier molecular flexibility index (Phi) is 12.3. The van der Waals surface area contributed by atoms with Gasteiger partial charge in [0.1, 0.15) is 0 Å². The SMILES string of the molecule is CCC(CC)C(C(=O)NC1CCCNC1C)N1CCOCC1.Cl.Cl. The van der Waals surface area contributed by atoms with Crippen LogP contribution in [-0.2, 0) is 9.53 Å². The number of carbonyl (C=O) groups is 1. The lowest BCUT2D eigenvalue weighted by Crippen LogP contribution is -2.59. The van der Waals surface area contributed by atoms with Crippen molar-refractivity contribution in [2.45, 2.75) is 64.6 Å². The number of piperidine rings is 1. The van der Waals surface area contributed by atoms with Crippen LogP contribution in [0.4, 0.5) is 0 Å². The van der Waals surface area contributed by atoms with Crippen molar-refractivity contribution in [3.8, 4) is 0 Å². The Bertz CT molecular complexity index is 351. The lowest BCUT2D eigenvalue weighted by Gasteiger charge is -2.39. The monoisotopic (exact) mass is 383 g/mol. The van der Waals surface area contributed by atoms with Gasteiger partial charge in [-0.25, -0.2) is 0 Å². The van der Waals surface area contributed by atoms with Crippen molar-refractivity contribution < 1.29 is 9.53 Å².